The van der Waals surface area contributed by atoms with Gasteiger partial charge in [0.15, 0.2) is 0 Å². The molecule has 2 N–H and O–H groups in total. The molecule has 106 valence electrons. The third kappa shape index (κ3) is 3.76. The maximum Gasteiger partial charge on any atom is 0.416 e. The summed E-state index contributed by atoms with van der Waals surface area (Å²) in [6, 6.07) is 3.79. The van der Waals surface area contributed by atoms with Crippen LogP contribution in [0.3, 0.4) is 0 Å². The predicted octanol–water partition coefficient (Wildman–Crippen LogP) is 2.76. The van der Waals surface area contributed by atoms with Crippen molar-refractivity contribution in [2.45, 2.75) is 25.1 Å². The van der Waals surface area contributed by atoms with Crippen molar-refractivity contribution in [2.24, 2.45) is 0 Å². The largest absolute Gasteiger partial charge is 0.490 e. The number of nitrogen functional groups attached to an aromatic ring is 1. The Balaban J connectivity index is 1.89. The molecule has 0 heterocycles. The lowest BCUT2D eigenvalue weighted by molar-refractivity contribution is -0.137. The summed E-state index contributed by atoms with van der Waals surface area (Å²) >= 11 is 0. The van der Waals surface area contributed by atoms with Gasteiger partial charge in [-0.2, -0.15) is 13.2 Å². The van der Waals surface area contributed by atoms with Crippen molar-refractivity contribution < 1.29 is 17.9 Å². The Labute approximate surface area is 110 Å². The van der Waals surface area contributed by atoms with E-state index in [2.05, 4.69) is 4.90 Å². The number of halogens is 3. The molecule has 0 amide bonds. The van der Waals surface area contributed by atoms with E-state index in [1.54, 1.807) is 0 Å². The van der Waals surface area contributed by atoms with Gasteiger partial charge in [0.1, 0.15) is 12.4 Å². The summed E-state index contributed by atoms with van der Waals surface area (Å²) in [5.41, 5.74) is 4.83. The highest BCUT2D eigenvalue weighted by molar-refractivity contribution is 5.54. The summed E-state index contributed by atoms with van der Waals surface area (Å²) in [5, 5.41) is 0. The Hall–Kier alpha value is -1.43. The van der Waals surface area contributed by atoms with Gasteiger partial charge in [0.05, 0.1) is 11.3 Å². The van der Waals surface area contributed by atoms with Gasteiger partial charge in [-0.25, -0.2) is 0 Å². The molecule has 1 aliphatic rings. The van der Waals surface area contributed by atoms with Gasteiger partial charge in [-0.05, 0) is 38.1 Å². The zero-order chi connectivity index (χ0) is 14.0. The number of nitrogens with zero attached hydrogens (tertiary/aromatic N) is 1. The molecule has 0 aromatic heterocycles. The fourth-order valence-corrected chi connectivity index (χ4v) is 1.85. The van der Waals surface area contributed by atoms with Crippen molar-refractivity contribution in [3.05, 3.63) is 23.8 Å². The predicted molar refractivity (Wildman–Crippen MR) is 67.0 cm³/mol. The molecule has 0 unspecified atom stereocenters. The van der Waals surface area contributed by atoms with Gasteiger partial charge in [-0.1, -0.05) is 0 Å². The summed E-state index contributed by atoms with van der Waals surface area (Å²) in [6.07, 6.45) is -1.96. The van der Waals surface area contributed by atoms with E-state index >= 15 is 0 Å². The van der Waals surface area contributed by atoms with Gasteiger partial charge in [-0.15, -0.1) is 0 Å². The Kier molecular flexibility index (Phi) is 3.89. The molecule has 1 fully saturated rings. The number of likely N-dealkylation sites (N-methyl/N-ethyl adjacent to an activating group) is 1. The summed E-state index contributed by atoms with van der Waals surface area (Å²) < 4.78 is 42.8. The van der Waals surface area contributed by atoms with Crippen LogP contribution in [0.2, 0.25) is 0 Å². The third-order valence-corrected chi connectivity index (χ3v) is 3.21. The minimum atomic E-state index is -4.38. The number of nitrogens with two attached hydrogens (primary N) is 1. The van der Waals surface area contributed by atoms with E-state index in [1.165, 1.54) is 18.9 Å². The highest BCUT2D eigenvalue weighted by Gasteiger charge is 2.31. The number of benzene rings is 1. The number of anilines is 1. The molecule has 1 saturated carbocycles. The zero-order valence-electron chi connectivity index (χ0n) is 10.7. The van der Waals surface area contributed by atoms with Gasteiger partial charge in [-0.3, -0.25) is 0 Å². The molecule has 0 radical (unpaired) electrons. The summed E-state index contributed by atoms with van der Waals surface area (Å²) in [4.78, 5) is 2.18. The van der Waals surface area contributed by atoms with Crippen LogP contribution < -0.4 is 10.5 Å². The first-order chi connectivity index (χ1) is 8.88. The number of hydrogen-bond donors (Lipinski definition) is 1. The number of alkyl halides is 3. The Morgan fingerprint density at radius 1 is 1.37 bits per heavy atom. The normalized spacial score (nSPS) is 15.8. The lowest BCUT2D eigenvalue weighted by atomic mass is 10.2. The van der Waals surface area contributed by atoms with Crippen LogP contribution >= 0.6 is 0 Å². The third-order valence-electron chi connectivity index (χ3n) is 3.21. The monoisotopic (exact) mass is 274 g/mol. The van der Waals surface area contributed by atoms with Gasteiger partial charge >= 0.3 is 6.18 Å². The van der Waals surface area contributed by atoms with Crippen molar-refractivity contribution in [3.8, 4) is 5.75 Å². The van der Waals surface area contributed by atoms with E-state index in [1.807, 2.05) is 7.05 Å². The minimum absolute atomic E-state index is 0.0175. The van der Waals surface area contributed by atoms with Gasteiger partial charge in [0.25, 0.3) is 0 Å². The molecule has 1 aliphatic carbocycles. The number of ether oxygens (including phenoxy) is 1. The lowest BCUT2D eigenvalue weighted by Gasteiger charge is -2.17. The lowest BCUT2D eigenvalue weighted by Crippen LogP contribution is -2.26. The SMILES string of the molecule is CN(CCOc1ccc(C(F)(F)F)cc1N)C1CC1. The maximum absolute atomic E-state index is 12.5. The van der Waals surface area contributed by atoms with Crippen LogP contribution in [-0.4, -0.2) is 31.1 Å². The summed E-state index contributed by atoms with van der Waals surface area (Å²) in [5.74, 6) is 0.303. The van der Waals surface area contributed by atoms with Crippen molar-refractivity contribution in [2.75, 3.05) is 25.9 Å². The van der Waals surface area contributed by atoms with Crippen LogP contribution in [0, 0.1) is 0 Å². The van der Waals surface area contributed by atoms with Crippen molar-refractivity contribution >= 4 is 5.69 Å². The van der Waals surface area contributed by atoms with Crippen molar-refractivity contribution in [3.63, 3.8) is 0 Å². The van der Waals surface area contributed by atoms with Crippen molar-refractivity contribution in [1.82, 2.24) is 4.90 Å². The van der Waals surface area contributed by atoms with Crippen LogP contribution in [0.4, 0.5) is 18.9 Å². The number of rotatable bonds is 5. The average molecular weight is 274 g/mol. The van der Waals surface area contributed by atoms with E-state index in [-0.39, 0.29) is 5.69 Å². The van der Waals surface area contributed by atoms with Crippen molar-refractivity contribution in [1.29, 1.82) is 0 Å². The van der Waals surface area contributed by atoms with Gasteiger partial charge in [0.2, 0.25) is 0 Å². The molecule has 0 bridgehead atoms. The molecule has 3 nitrogen and oxygen atoms in total. The standard InChI is InChI=1S/C13H17F3N2O/c1-18(10-3-4-10)6-7-19-12-5-2-9(8-11(12)17)13(14,15)16/h2,5,8,10H,3-4,6-7,17H2,1H3. The molecular weight excluding hydrogens is 257 g/mol. The van der Waals surface area contributed by atoms with Crippen LogP contribution in [0.15, 0.2) is 18.2 Å². The highest BCUT2D eigenvalue weighted by atomic mass is 19.4. The Morgan fingerprint density at radius 3 is 2.58 bits per heavy atom. The smallest absolute Gasteiger partial charge is 0.416 e. The fourth-order valence-electron chi connectivity index (χ4n) is 1.85. The van der Waals surface area contributed by atoms with Crippen LogP contribution in [0.25, 0.3) is 0 Å². The summed E-state index contributed by atoms with van der Waals surface area (Å²) in [6.45, 7) is 1.16. The first-order valence-corrected chi connectivity index (χ1v) is 6.17. The second-order valence-corrected chi connectivity index (χ2v) is 4.81. The van der Waals surface area contributed by atoms with E-state index < -0.39 is 11.7 Å². The van der Waals surface area contributed by atoms with Gasteiger partial charge in [0, 0.05) is 12.6 Å². The molecular formula is C13H17F3N2O. The molecule has 0 atom stereocenters. The molecule has 2 rings (SSSR count). The molecule has 0 saturated heterocycles. The zero-order valence-corrected chi connectivity index (χ0v) is 10.7. The number of hydrogen-bond acceptors (Lipinski definition) is 3. The second kappa shape index (κ2) is 5.28. The molecule has 1 aromatic rings. The maximum atomic E-state index is 12.5. The first-order valence-electron chi connectivity index (χ1n) is 6.17. The van der Waals surface area contributed by atoms with Crippen LogP contribution in [0.1, 0.15) is 18.4 Å². The van der Waals surface area contributed by atoms with E-state index in [4.69, 9.17) is 10.5 Å². The van der Waals surface area contributed by atoms with Crippen LogP contribution in [0.5, 0.6) is 5.75 Å². The summed E-state index contributed by atoms with van der Waals surface area (Å²) in [7, 11) is 2.01. The topological polar surface area (TPSA) is 38.5 Å². The van der Waals surface area contributed by atoms with Crippen LogP contribution in [-0.2, 0) is 6.18 Å². The van der Waals surface area contributed by atoms with E-state index in [0.717, 1.165) is 18.7 Å². The van der Waals surface area contributed by atoms with Gasteiger partial charge < -0.3 is 15.4 Å². The molecule has 0 spiro atoms. The fraction of sp³-hybridized carbons (Fsp3) is 0.538. The first kappa shape index (κ1) is 14.0. The molecule has 0 aliphatic heterocycles. The second-order valence-electron chi connectivity index (χ2n) is 4.81. The van der Waals surface area contributed by atoms with E-state index in [9.17, 15) is 13.2 Å². The molecule has 6 heteroatoms. The van der Waals surface area contributed by atoms with E-state index in [0.29, 0.717) is 18.4 Å². The highest BCUT2D eigenvalue weighted by Crippen LogP contribution is 2.33. The average Bonchev–Trinajstić information content (AvgIpc) is 3.13. The molecule has 19 heavy (non-hydrogen) atoms. The molecule has 1 aromatic carbocycles. The Morgan fingerprint density at radius 2 is 2.05 bits per heavy atom. The minimum Gasteiger partial charge on any atom is -0.490 e. The quantitative estimate of drug-likeness (QED) is 0.839. The Bertz CT molecular complexity index is 444.